The molecule has 0 unspecified atom stereocenters. The van der Waals surface area contributed by atoms with Crippen molar-refractivity contribution in [1.82, 2.24) is 0 Å². The molecule has 16 heavy (non-hydrogen) atoms. The summed E-state index contributed by atoms with van der Waals surface area (Å²) >= 11 is 0. The number of hydrogen-bond donors (Lipinski definition) is 1. The highest BCUT2D eigenvalue weighted by Crippen LogP contribution is 2.30. The molecular formula is C12H15FO3. The quantitative estimate of drug-likeness (QED) is 0.785. The lowest BCUT2D eigenvalue weighted by Crippen LogP contribution is -2.02. The lowest BCUT2D eigenvalue weighted by Gasteiger charge is -2.08. The Morgan fingerprint density at radius 2 is 2.12 bits per heavy atom. The van der Waals surface area contributed by atoms with Gasteiger partial charge in [0.25, 0.3) is 0 Å². The molecule has 1 aromatic rings. The van der Waals surface area contributed by atoms with E-state index in [-0.39, 0.29) is 17.1 Å². The van der Waals surface area contributed by atoms with Crippen LogP contribution in [0.25, 0.3) is 0 Å². The number of phenolic OH excluding ortho intramolecular Hbond substituents is 1. The van der Waals surface area contributed by atoms with Crippen LogP contribution in [-0.2, 0) is 0 Å². The van der Waals surface area contributed by atoms with Gasteiger partial charge in [-0.05, 0) is 25.5 Å². The Morgan fingerprint density at radius 3 is 2.69 bits per heavy atom. The van der Waals surface area contributed by atoms with Gasteiger partial charge in [0.1, 0.15) is 0 Å². The molecule has 0 saturated heterocycles. The van der Waals surface area contributed by atoms with Crippen LogP contribution in [0.2, 0.25) is 0 Å². The number of phenols is 1. The maximum Gasteiger partial charge on any atom is 0.207 e. The fraction of sp³-hybridized carbons (Fsp3) is 0.417. The minimum Gasteiger partial charge on any atom is -0.504 e. The van der Waals surface area contributed by atoms with Gasteiger partial charge in [0.05, 0.1) is 12.2 Å². The number of Topliss-reactive ketones (excluding diaryl/α,β-unsaturated/α-hetero) is 1. The highest BCUT2D eigenvalue weighted by Gasteiger charge is 2.17. The molecule has 0 amide bonds. The molecule has 0 aliphatic carbocycles. The van der Waals surface area contributed by atoms with Crippen molar-refractivity contribution >= 4 is 5.78 Å². The zero-order valence-electron chi connectivity index (χ0n) is 9.42. The number of hydrogen-bond acceptors (Lipinski definition) is 3. The zero-order valence-corrected chi connectivity index (χ0v) is 9.42. The molecule has 1 aromatic carbocycles. The summed E-state index contributed by atoms with van der Waals surface area (Å²) < 4.78 is 18.5. The van der Waals surface area contributed by atoms with Crippen LogP contribution in [0.3, 0.4) is 0 Å². The van der Waals surface area contributed by atoms with Crippen molar-refractivity contribution in [3.8, 4) is 11.5 Å². The second kappa shape index (κ2) is 5.49. The summed E-state index contributed by atoms with van der Waals surface area (Å²) in [5.41, 5.74) is 0.0165. The lowest BCUT2D eigenvalue weighted by atomic mass is 10.1. The largest absolute Gasteiger partial charge is 0.504 e. The number of carbonyl (C=O) groups excluding carboxylic acids is 1. The van der Waals surface area contributed by atoms with E-state index >= 15 is 0 Å². The van der Waals surface area contributed by atoms with E-state index in [1.807, 2.05) is 6.92 Å². The van der Waals surface area contributed by atoms with E-state index < -0.39 is 11.6 Å². The average Bonchev–Trinajstić information content (AvgIpc) is 2.25. The summed E-state index contributed by atoms with van der Waals surface area (Å²) in [7, 11) is 0. The number of halogens is 1. The molecule has 0 saturated carbocycles. The molecule has 0 heterocycles. The molecule has 0 fully saturated rings. The molecule has 3 nitrogen and oxygen atoms in total. The molecule has 0 aromatic heterocycles. The third-order valence-electron chi connectivity index (χ3n) is 2.16. The van der Waals surface area contributed by atoms with E-state index in [9.17, 15) is 14.3 Å². The van der Waals surface area contributed by atoms with Crippen molar-refractivity contribution in [3.05, 3.63) is 23.5 Å². The van der Waals surface area contributed by atoms with Crippen molar-refractivity contribution in [3.63, 3.8) is 0 Å². The number of ketones is 1. The third kappa shape index (κ3) is 2.51. The molecule has 0 radical (unpaired) electrons. The van der Waals surface area contributed by atoms with Crippen molar-refractivity contribution in [2.45, 2.75) is 26.7 Å². The Bertz CT molecular complexity index is 388. The van der Waals surface area contributed by atoms with Gasteiger partial charge in [-0.3, -0.25) is 4.79 Å². The predicted octanol–water partition coefficient (Wildman–Crippen LogP) is 2.91. The molecule has 0 spiro atoms. The number of ether oxygens (including phenoxy) is 1. The van der Waals surface area contributed by atoms with Gasteiger partial charge in [-0.15, -0.1) is 0 Å². The minimum absolute atomic E-state index is 0.0165. The molecule has 0 bridgehead atoms. The first-order valence-corrected chi connectivity index (χ1v) is 5.29. The number of rotatable bonds is 5. The van der Waals surface area contributed by atoms with E-state index in [2.05, 4.69) is 0 Å². The van der Waals surface area contributed by atoms with Crippen LogP contribution >= 0.6 is 0 Å². The van der Waals surface area contributed by atoms with Crippen LogP contribution in [0.15, 0.2) is 12.1 Å². The Hall–Kier alpha value is -1.58. The van der Waals surface area contributed by atoms with Crippen LogP contribution in [0.5, 0.6) is 11.5 Å². The van der Waals surface area contributed by atoms with Gasteiger partial charge < -0.3 is 9.84 Å². The molecule has 1 rings (SSSR count). The monoisotopic (exact) mass is 226 g/mol. The fourth-order valence-corrected chi connectivity index (χ4v) is 1.40. The molecule has 88 valence electrons. The van der Waals surface area contributed by atoms with E-state index in [4.69, 9.17) is 4.74 Å². The van der Waals surface area contributed by atoms with Crippen LogP contribution in [0.4, 0.5) is 4.39 Å². The molecule has 0 atom stereocenters. The average molecular weight is 226 g/mol. The van der Waals surface area contributed by atoms with Gasteiger partial charge >= 0.3 is 0 Å². The second-order valence-electron chi connectivity index (χ2n) is 3.38. The number of benzene rings is 1. The Labute approximate surface area is 93.9 Å². The standard InChI is InChI=1S/C12H15FO3/c1-3-5-9(14)8-6-7-10(16-4-2)11(13)12(8)15/h6-7,15H,3-5H2,1-2H3. The van der Waals surface area contributed by atoms with Crippen molar-refractivity contribution in [2.75, 3.05) is 6.61 Å². The second-order valence-corrected chi connectivity index (χ2v) is 3.38. The van der Waals surface area contributed by atoms with Gasteiger partial charge in [0, 0.05) is 6.42 Å². The summed E-state index contributed by atoms with van der Waals surface area (Å²) in [6.45, 7) is 3.87. The highest BCUT2D eigenvalue weighted by atomic mass is 19.1. The van der Waals surface area contributed by atoms with E-state index in [0.717, 1.165) is 0 Å². The van der Waals surface area contributed by atoms with Gasteiger partial charge in [-0.1, -0.05) is 6.92 Å². The van der Waals surface area contributed by atoms with Gasteiger partial charge in [0.15, 0.2) is 17.3 Å². The summed E-state index contributed by atoms with van der Waals surface area (Å²) in [5.74, 6) is -1.79. The molecular weight excluding hydrogens is 211 g/mol. The molecule has 0 aliphatic rings. The molecule has 4 heteroatoms. The van der Waals surface area contributed by atoms with Gasteiger partial charge in [-0.2, -0.15) is 4.39 Å². The van der Waals surface area contributed by atoms with Gasteiger partial charge in [0.2, 0.25) is 5.82 Å². The Kier molecular flexibility index (Phi) is 4.28. The normalized spacial score (nSPS) is 10.2. The van der Waals surface area contributed by atoms with Crippen LogP contribution in [0.1, 0.15) is 37.0 Å². The molecule has 1 N–H and O–H groups in total. The smallest absolute Gasteiger partial charge is 0.207 e. The summed E-state index contributed by atoms with van der Waals surface area (Å²) in [4.78, 5) is 11.5. The summed E-state index contributed by atoms with van der Waals surface area (Å²) in [6.07, 6.45) is 0.952. The number of aromatic hydroxyl groups is 1. The third-order valence-corrected chi connectivity index (χ3v) is 2.16. The minimum atomic E-state index is -0.871. The summed E-state index contributed by atoms with van der Waals surface area (Å²) in [6, 6.07) is 2.75. The predicted molar refractivity (Wildman–Crippen MR) is 58.5 cm³/mol. The fourth-order valence-electron chi connectivity index (χ4n) is 1.40. The zero-order chi connectivity index (χ0) is 12.1. The topological polar surface area (TPSA) is 46.5 Å². The van der Waals surface area contributed by atoms with E-state index in [0.29, 0.717) is 19.4 Å². The molecule has 0 aliphatic heterocycles. The first kappa shape index (κ1) is 12.5. The van der Waals surface area contributed by atoms with Crippen LogP contribution in [0, 0.1) is 5.82 Å². The van der Waals surface area contributed by atoms with Crippen molar-refractivity contribution in [2.24, 2.45) is 0 Å². The highest BCUT2D eigenvalue weighted by molar-refractivity contribution is 5.98. The van der Waals surface area contributed by atoms with E-state index in [1.165, 1.54) is 12.1 Å². The Balaban J connectivity index is 3.06. The van der Waals surface area contributed by atoms with Crippen molar-refractivity contribution < 1.29 is 19.0 Å². The van der Waals surface area contributed by atoms with Gasteiger partial charge in [-0.25, -0.2) is 0 Å². The first-order chi connectivity index (χ1) is 7.61. The van der Waals surface area contributed by atoms with Crippen molar-refractivity contribution in [1.29, 1.82) is 0 Å². The first-order valence-electron chi connectivity index (χ1n) is 5.29. The SMILES string of the molecule is CCCC(=O)c1ccc(OCC)c(F)c1O. The lowest BCUT2D eigenvalue weighted by molar-refractivity contribution is 0.0978. The maximum atomic E-state index is 13.5. The Morgan fingerprint density at radius 1 is 1.44 bits per heavy atom. The van der Waals surface area contributed by atoms with Crippen LogP contribution in [-0.4, -0.2) is 17.5 Å². The van der Waals surface area contributed by atoms with E-state index in [1.54, 1.807) is 6.92 Å². The summed E-state index contributed by atoms with van der Waals surface area (Å²) in [5, 5.41) is 9.53. The van der Waals surface area contributed by atoms with Crippen LogP contribution < -0.4 is 4.74 Å². The number of carbonyl (C=O) groups is 1. The maximum absolute atomic E-state index is 13.5.